The number of nitrogens with zero attached hydrogens (tertiary/aromatic N) is 1. The summed E-state index contributed by atoms with van der Waals surface area (Å²) >= 11 is 5.48. The van der Waals surface area contributed by atoms with Crippen LogP contribution in [-0.4, -0.2) is 41.9 Å². The summed E-state index contributed by atoms with van der Waals surface area (Å²) in [6.45, 7) is 7.28. The molecule has 3 atom stereocenters. The quantitative estimate of drug-likeness (QED) is 0.766. The monoisotopic (exact) mass is 244 g/mol. The van der Waals surface area contributed by atoms with Crippen LogP contribution in [-0.2, 0) is 4.74 Å². The molecule has 0 aromatic rings. The first-order valence-corrected chi connectivity index (χ1v) is 6.58. The molecule has 0 saturated carbocycles. The number of thiocarbonyl (C=S) groups is 1. The zero-order chi connectivity index (χ0) is 12.1. The second kappa shape index (κ2) is 6.40. The molecule has 1 heterocycles. The Morgan fingerprint density at radius 2 is 2.25 bits per heavy atom. The molecule has 0 spiro atoms. The normalized spacial score (nSPS) is 26.9. The average molecular weight is 244 g/mol. The number of likely N-dealkylation sites (tertiary alicyclic amines) is 1. The number of hydrogen-bond acceptors (Lipinski definition) is 2. The van der Waals surface area contributed by atoms with Crippen LogP contribution in [0, 0.1) is 0 Å². The molecule has 1 saturated heterocycles. The van der Waals surface area contributed by atoms with Crippen LogP contribution in [0.3, 0.4) is 0 Å². The molecule has 1 aliphatic rings. The van der Waals surface area contributed by atoms with Crippen LogP contribution < -0.4 is 5.32 Å². The maximum Gasteiger partial charge on any atom is 0.169 e. The van der Waals surface area contributed by atoms with Gasteiger partial charge in [0, 0.05) is 25.2 Å². The van der Waals surface area contributed by atoms with Crippen LogP contribution in [0.2, 0.25) is 0 Å². The van der Waals surface area contributed by atoms with Crippen molar-refractivity contribution in [3.05, 3.63) is 0 Å². The van der Waals surface area contributed by atoms with E-state index in [1.54, 1.807) is 7.11 Å². The molecule has 3 unspecified atom stereocenters. The predicted octanol–water partition coefficient (Wildman–Crippen LogP) is 2.16. The molecule has 0 amide bonds. The fourth-order valence-corrected chi connectivity index (χ4v) is 2.95. The number of methoxy groups -OCH3 is 1. The van der Waals surface area contributed by atoms with Gasteiger partial charge in [0.25, 0.3) is 0 Å². The van der Waals surface area contributed by atoms with E-state index in [4.69, 9.17) is 17.0 Å². The molecular formula is C12H24N2OS. The molecule has 1 rings (SSSR count). The Balaban J connectivity index is 2.51. The summed E-state index contributed by atoms with van der Waals surface area (Å²) in [5, 5.41) is 4.24. The minimum atomic E-state index is 0.280. The van der Waals surface area contributed by atoms with Gasteiger partial charge < -0.3 is 15.0 Å². The van der Waals surface area contributed by atoms with Gasteiger partial charge in [-0.25, -0.2) is 0 Å². The Hall–Kier alpha value is -0.350. The average Bonchev–Trinajstić information content (AvgIpc) is 2.59. The Bertz CT molecular complexity index is 235. The van der Waals surface area contributed by atoms with E-state index in [2.05, 4.69) is 31.0 Å². The van der Waals surface area contributed by atoms with Gasteiger partial charge in [-0.1, -0.05) is 6.92 Å². The third-order valence-corrected chi connectivity index (χ3v) is 3.61. The van der Waals surface area contributed by atoms with Crippen molar-refractivity contribution in [2.45, 2.75) is 58.2 Å². The molecular weight excluding hydrogens is 220 g/mol. The van der Waals surface area contributed by atoms with Crippen molar-refractivity contribution >= 4 is 17.3 Å². The molecule has 16 heavy (non-hydrogen) atoms. The van der Waals surface area contributed by atoms with Crippen molar-refractivity contribution in [2.75, 3.05) is 13.7 Å². The first-order chi connectivity index (χ1) is 7.60. The molecule has 0 aromatic carbocycles. The maximum atomic E-state index is 5.48. The van der Waals surface area contributed by atoms with Crippen LogP contribution >= 0.6 is 12.2 Å². The predicted molar refractivity (Wildman–Crippen MR) is 71.7 cm³/mol. The van der Waals surface area contributed by atoms with Crippen LogP contribution in [0.25, 0.3) is 0 Å². The first kappa shape index (κ1) is 13.7. The lowest BCUT2D eigenvalue weighted by atomic mass is 10.2. The maximum absolute atomic E-state index is 5.48. The summed E-state index contributed by atoms with van der Waals surface area (Å²) in [5.41, 5.74) is 0. The van der Waals surface area contributed by atoms with Crippen molar-refractivity contribution in [1.82, 2.24) is 10.2 Å². The Labute approximate surface area is 105 Å². The molecule has 3 nitrogen and oxygen atoms in total. The summed E-state index contributed by atoms with van der Waals surface area (Å²) < 4.78 is 5.11. The van der Waals surface area contributed by atoms with E-state index in [1.165, 1.54) is 19.3 Å². The van der Waals surface area contributed by atoms with Gasteiger partial charge in [0.05, 0.1) is 6.61 Å². The second-order valence-corrected chi connectivity index (χ2v) is 5.09. The van der Waals surface area contributed by atoms with E-state index in [-0.39, 0.29) is 6.04 Å². The standard InChI is InChI=1S/C12H24N2OS/c1-5-11-7-6-10(3)14(11)12(16)13-9(2)8-15-4/h9-11H,5-8H2,1-4H3,(H,13,16). The summed E-state index contributed by atoms with van der Waals surface area (Å²) in [5.74, 6) is 0. The van der Waals surface area contributed by atoms with Gasteiger partial charge in [-0.05, 0) is 45.3 Å². The molecule has 4 heteroatoms. The van der Waals surface area contributed by atoms with Gasteiger partial charge in [0.15, 0.2) is 5.11 Å². The molecule has 94 valence electrons. The Morgan fingerprint density at radius 3 is 2.81 bits per heavy atom. The van der Waals surface area contributed by atoms with Crippen LogP contribution in [0.1, 0.15) is 40.0 Å². The highest BCUT2D eigenvalue weighted by Gasteiger charge is 2.31. The van der Waals surface area contributed by atoms with Gasteiger partial charge in [-0.3, -0.25) is 0 Å². The van der Waals surface area contributed by atoms with Gasteiger partial charge in [-0.2, -0.15) is 0 Å². The second-order valence-electron chi connectivity index (χ2n) is 4.70. The van der Waals surface area contributed by atoms with E-state index in [1.807, 2.05) is 0 Å². The zero-order valence-corrected chi connectivity index (χ0v) is 11.6. The number of rotatable bonds is 4. The van der Waals surface area contributed by atoms with Crippen LogP contribution in [0.4, 0.5) is 0 Å². The van der Waals surface area contributed by atoms with Crippen molar-refractivity contribution < 1.29 is 4.74 Å². The minimum Gasteiger partial charge on any atom is -0.383 e. The van der Waals surface area contributed by atoms with Gasteiger partial charge in [0.2, 0.25) is 0 Å². The molecule has 1 N–H and O–H groups in total. The minimum absolute atomic E-state index is 0.280. The smallest absolute Gasteiger partial charge is 0.169 e. The highest BCUT2D eigenvalue weighted by molar-refractivity contribution is 7.80. The van der Waals surface area contributed by atoms with Crippen molar-refractivity contribution in [2.24, 2.45) is 0 Å². The van der Waals surface area contributed by atoms with Crippen molar-refractivity contribution in [3.8, 4) is 0 Å². The Morgan fingerprint density at radius 1 is 1.56 bits per heavy atom. The summed E-state index contributed by atoms with van der Waals surface area (Å²) in [6.07, 6.45) is 3.68. The third-order valence-electron chi connectivity index (χ3n) is 3.28. The van der Waals surface area contributed by atoms with Gasteiger partial charge >= 0.3 is 0 Å². The highest BCUT2D eigenvalue weighted by Crippen LogP contribution is 2.25. The van der Waals surface area contributed by atoms with E-state index >= 15 is 0 Å². The van der Waals surface area contributed by atoms with Gasteiger partial charge in [0.1, 0.15) is 0 Å². The molecule has 0 bridgehead atoms. The topological polar surface area (TPSA) is 24.5 Å². The van der Waals surface area contributed by atoms with Crippen molar-refractivity contribution in [1.29, 1.82) is 0 Å². The summed E-state index contributed by atoms with van der Waals surface area (Å²) in [4.78, 5) is 2.36. The lowest BCUT2D eigenvalue weighted by molar-refractivity contribution is 0.176. The third kappa shape index (κ3) is 3.32. The van der Waals surface area contributed by atoms with E-state index < -0.39 is 0 Å². The highest BCUT2D eigenvalue weighted by atomic mass is 32.1. The molecule has 0 aromatic heterocycles. The molecule has 1 fully saturated rings. The summed E-state index contributed by atoms with van der Waals surface area (Å²) in [7, 11) is 1.72. The van der Waals surface area contributed by atoms with E-state index in [0.29, 0.717) is 18.7 Å². The van der Waals surface area contributed by atoms with Gasteiger partial charge in [-0.15, -0.1) is 0 Å². The molecule has 0 aliphatic carbocycles. The lowest BCUT2D eigenvalue weighted by Gasteiger charge is -2.32. The number of hydrogen-bond donors (Lipinski definition) is 1. The fourth-order valence-electron chi connectivity index (χ4n) is 2.42. The van der Waals surface area contributed by atoms with Crippen molar-refractivity contribution in [3.63, 3.8) is 0 Å². The lowest BCUT2D eigenvalue weighted by Crippen LogP contribution is -2.49. The molecule has 0 radical (unpaired) electrons. The Kier molecular flexibility index (Phi) is 5.49. The zero-order valence-electron chi connectivity index (χ0n) is 10.8. The summed E-state index contributed by atoms with van der Waals surface area (Å²) in [6, 6.07) is 1.47. The van der Waals surface area contributed by atoms with E-state index in [9.17, 15) is 0 Å². The first-order valence-electron chi connectivity index (χ1n) is 6.17. The fraction of sp³-hybridized carbons (Fsp3) is 0.917. The van der Waals surface area contributed by atoms with Crippen LogP contribution in [0.15, 0.2) is 0 Å². The molecule has 1 aliphatic heterocycles. The number of nitrogens with one attached hydrogen (secondary N) is 1. The largest absolute Gasteiger partial charge is 0.383 e. The van der Waals surface area contributed by atoms with Crippen LogP contribution in [0.5, 0.6) is 0 Å². The SMILES string of the molecule is CCC1CCC(C)N1C(=S)NC(C)COC. The number of ether oxygens (including phenoxy) is 1. The van der Waals surface area contributed by atoms with E-state index in [0.717, 1.165) is 5.11 Å².